The number of Topliss-reactive ketones (excluding diaryl/α,β-unsaturated/α-hetero) is 1. The number of amides is 1. The van der Waals surface area contributed by atoms with Crippen LogP contribution in [-0.4, -0.2) is 66.3 Å². The van der Waals surface area contributed by atoms with Gasteiger partial charge in [-0.2, -0.15) is 4.31 Å². The molecule has 14 heteroatoms. The number of carbonyl (C=O) groups is 2. The second-order valence-corrected chi connectivity index (χ2v) is 16.2. The summed E-state index contributed by atoms with van der Waals surface area (Å²) in [6.45, 7) is 6.92. The molecule has 4 aromatic rings. The smallest absolute Gasteiger partial charge is 0.410 e. The number of rotatable bonds is 12. The van der Waals surface area contributed by atoms with E-state index in [4.69, 9.17) is 4.74 Å². The molecule has 1 amide bonds. The van der Waals surface area contributed by atoms with E-state index in [9.17, 15) is 32.3 Å². The van der Waals surface area contributed by atoms with Crippen molar-refractivity contribution in [3.63, 3.8) is 0 Å². The Morgan fingerprint density at radius 2 is 1.52 bits per heavy atom. The Kier molecular flexibility index (Phi) is 12.5. The maximum atomic E-state index is 15.8. The van der Waals surface area contributed by atoms with Gasteiger partial charge in [-0.1, -0.05) is 59.7 Å². The second kappa shape index (κ2) is 16.9. The molecule has 0 unspecified atom stereocenters. The Bertz CT molecular complexity index is 2100. The summed E-state index contributed by atoms with van der Waals surface area (Å²) in [6, 6.07) is 19.9. The van der Waals surface area contributed by atoms with E-state index < -0.39 is 75.4 Å². The molecule has 0 bridgehead atoms. The molecule has 0 N–H and O–H groups in total. The van der Waals surface area contributed by atoms with Crippen LogP contribution in [0.5, 0.6) is 0 Å². The Balaban J connectivity index is 1.48. The number of nitrogens with zero attached hydrogens (tertiary/aromatic N) is 5. The van der Waals surface area contributed by atoms with Gasteiger partial charge in [-0.25, -0.2) is 26.4 Å². The highest BCUT2D eigenvalue weighted by Crippen LogP contribution is 2.34. The maximum Gasteiger partial charge on any atom is 0.410 e. The number of piperazine rings is 1. The van der Waals surface area contributed by atoms with Crippen LogP contribution in [0.1, 0.15) is 62.3 Å². The molecule has 5 rings (SSSR count). The van der Waals surface area contributed by atoms with Crippen LogP contribution in [0.2, 0.25) is 0 Å². The van der Waals surface area contributed by atoms with Crippen molar-refractivity contribution in [2.45, 2.75) is 81.5 Å². The topological polar surface area (TPSA) is 133 Å². The lowest BCUT2D eigenvalue weighted by molar-refractivity contribution is -0.119. The van der Waals surface area contributed by atoms with Gasteiger partial charge in [0.2, 0.25) is 10.0 Å². The van der Waals surface area contributed by atoms with E-state index in [-0.39, 0.29) is 53.1 Å². The molecule has 0 aliphatic carbocycles. The fourth-order valence-corrected chi connectivity index (χ4v) is 8.84. The molecule has 1 heterocycles. The molecule has 1 aliphatic rings. The van der Waals surface area contributed by atoms with Crippen molar-refractivity contribution in [2.75, 3.05) is 13.1 Å². The lowest BCUT2D eigenvalue weighted by Gasteiger charge is -2.44. The van der Waals surface area contributed by atoms with Crippen molar-refractivity contribution in [3.8, 4) is 0 Å². The summed E-state index contributed by atoms with van der Waals surface area (Å²) in [5, 5.41) is 3.80. The lowest BCUT2D eigenvalue weighted by atomic mass is 9.81. The number of halogens is 3. The van der Waals surface area contributed by atoms with Gasteiger partial charge in [-0.3, -0.25) is 4.79 Å². The van der Waals surface area contributed by atoms with Gasteiger partial charge in [0, 0.05) is 42.4 Å². The summed E-state index contributed by atoms with van der Waals surface area (Å²) in [5.41, 5.74) is 9.70. The fraction of sp³-hybridized carbons (Fsp3) is 0.350. The van der Waals surface area contributed by atoms with E-state index in [1.165, 1.54) is 69.9 Å². The number of sulfonamides is 1. The number of ketones is 1. The summed E-state index contributed by atoms with van der Waals surface area (Å²) in [5.74, 6) is -3.57. The number of carbonyl (C=O) groups excluding carboxylic acids is 2. The monoisotopic (exact) mass is 761 g/mol. The van der Waals surface area contributed by atoms with Crippen LogP contribution < -0.4 is 0 Å². The highest BCUT2D eigenvalue weighted by Gasteiger charge is 2.43. The van der Waals surface area contributed by atoms with Crippen molar-refractivity contribution < 1.29 is 35.9 Å². The predicted molar refractivity (Wildman–Crippen MR) is 198 cm³/mol. The molecule has 1 saturated heterocycles. The molecular formula is C40H42F3N5O5S. The third kappa shape index (κ3) is 9.49. The van der Waals surface area contributed by atoms with Gasteiger partial charge in [0.15, 0.2) is 0 Å². The molecule has 1 aliphatic heterocycles. The first-order valence-corrected chi connectivity index (χ1v) is 18.9. The van der Waals surface area contributed by atoms with Crippen molar-refractivity contribution in [1.29, 1.82) is 0 Å². The van der Waals surface area contributed by atoms with Crippen LogP contribution in [-0.2, 0) is 32.4 Å². The van der Waals surface area contributed by atoms with E-state index in [2.05, 4.69) is 10.0 Å². The zero-order chi connectivity index (χ0) is 39.2. The largest absolute Gasteiger partial charge is 0.444 e. The van der Waals surface area contributed by atoms with E-state index in [1.54, 1.807) is 64.1 Å². The zero-order valence-electron chi connectivity index (χ0n) is 30.4. The molecule has 0 aromatic heterocycles. The highest BCUT2D eigenvalue weighted by molar-refractivity contribution is 7.89. The summed E-state index contributed by atoms with van der Waals surface area (Å²) in [4.78, 5) is 31.8. The van der Waals surface area contributed by atoms with Gasteiger partial charge in [0.25, 0.3) is 0 Å². The minimum Gasteiger partial charge on any atom is -0.444 e. The Labute approximate surface area is 313 Å². The van der Waals surface area contributed by atoms with Crippen LogP contribution >= 0.6 is 0 Å². The fourth-order valence-electron chi connectivity index (χ4n) is 6.99. The van der Waals surface area contributed by atoms with Crippen LogP contribution in [0.4, 0.5) is 18.0 Å². The standard InChI is InChI=1S/C40H42F3N5O5S/c1-26-24-47(39(50)53-40(2,3)4)25-32(48(26)54(51,52)33-16-6-5-7-17-33)19-20-34-27(11-10-18-35(34)43)23-36(49)38(45-46-44)37(28-12-8-14-30(41)21-28)29-13-9-15-31(42)22-29/h5-18,21-22,26,32,37-38H,19-20,23-25H2,1-4H3/t26-,32-,38+/m0/s1. The molecule has 3 atom stereocenters. The molecule has 4 aromatic carbocycles. The van der Waals surface area contributed by atoms with Crippen LogP contribution in [0.3, 0.4) is 0 Å². The van der Waals surface area contributed by atoms with Gasteiger partial charge >= 0.3 is 6.09 Å². The van der Waals surface area contributed by atoms with Crippen LogP contribution in [0, 0.1) is 17.5 Å². The molecule has 1 fully saturated rings. The number of benzene rings is 4. The van der Waals surface area contributed by atoms with Crippen LogP contribution in [0.25, 0.3) is 10.4 Å². The minimum atomic E-state index is -4.07. The normalized spacial score (nSPS) is 17.1. The maximum absolute atomic E-state index is 15.8. The molecule has 0 saturated carbocycles. The SMILES string of the molecule is C[C@H]1CN(C(=O)OC(C)(C)C)C[C@H](CCc2c(F)cccc2CC(=O)[C@@H](N=[N+]=[N-])C(c2cccc(F)c2)c2cccc(F)c2)N1S(=O)(=O)c1ccccc1. The number of azide groups is 1. The van der Waals surface area contributed by atoms with E-state index in [1.807, 2.05) is 0 Å². The quantitative estimate of drug-likeness (QED) is 0.0813. The van der Waals surface area contributed by atoms with Crippen molar-refractivity contribution in [1.82, 2.24) is 9.21 Å². The average molecular weight is 762 g/mol. The number of hydrogen-bond acceptors (Lipinski definition) is 6. The summed E-state index contributed by atoms with van der Waals surface area (Å²) in [6.07, 6.45) is -0.982. The Hall–Kier alpha value is -5.17. The lowest BCUT2D eigenvalue weighted by Crippen LogP contribution is -2.61. The summed E-state index contributed by atoms with van der Waals surface area (Å²) < 4.78 is 79.7. The second-order valence-electron chi connectivity index (χ2n) is 14.3. The highest BCUT2D eigenvalue weighted by atomic mass is 32.2. The first kappa shape index (κ1) is 40.0. The van der Waals surface area contributed by atoms with Crippen molar-refractivity contribution in [3.05, 3.63) is 147 Å². The average Bonchev–Trinajstić information content (AvgIpc) is 3.10. The third-order valence-corrected chi connectivity index (χ3v) is 11.3. The van der Waals surface area contributed by atoms with E-state index in [0.29, 0.717) is 0 Å². The van der Waals surface area contributed by atoms with E-state index >= 15 is 4.39 Å². The zero-order valence-corrected chi connectivity index (χ0v) is 31.2. The summed E-state index contributed by atoms with van der Waals surface area (Å²) >= 11 is 0. The van der Waals surface area contributed by atoms with Crippen molar-refractivity contribution >= 4 is 21.9 Å². The first-order valence-electron chi connectivity index (χ1n) is 17.5. The summed E-state index contributed by atoms with van der Waals surface area (Å²) in [7, 11) is -4.07. The Morgan fingerprint density at radius 3 is 2.09 bits per heavy atom. The van der Waals surface area contributed by atoms with Gasteiger partial charge in [-0.15, -0.1) is 0 Å². The van der Waals surface area contributed by atoms with E-state index in [0.717, 1.165) is 0 Å². The molecule has 54 heavy (non-hydrogen) atoms. The Morgan fingerprint density at radius 1 is 0.907 bits per heavy atom. The first-order chi connectivity index (χ1) is 25.6. The number of ether oxygens (including phenoxy) is 1. The van der Waals surface area contributed by atoms with Gasteiger partial charge in [0.05, 0.1) is 4.90 Å². The molecular weight excluding hydrogens is 720 g/mol. The molecule has 284 valence electrons. The number of hydrogen-bond donors (Lipinski definition) is 0. The molecule has 0 spiro atoms. The van der Waals surface area contributed by atoms with Crippen molar-refractivity contribution in [2.24, 2.45) is 5.11 Å². The van der Waals surface area contributed by atoms with Crippen LogP contribution in [0.15, 0.2) is 107 Å². The predicted octanol–water partition coefficient (Wildman–Crippen LogP) is 8.36. The minimum absolute atomic E-state index is 0.0287. The van der Waals surface area contributed by atoms with Gasteiger partial charge < -0.3 is 9.64 Å². The van der Waals surface area contributed by atoms with Gasteiger partial charge in [0.1, 0.15) is 34.9 Å². The third-order valence-electron chi connectivity index (χ3n) is 9.23. The molecule has 0 radical (unpaired) electrons. The van der Waals surface area contributed by atoms with Gasteiger partial charge in [-0.05, 0) is 111 Å². The molecule has 10 nitrogen and oxygen atoms in total.